The number of carbonyl (C=O) groups excluding carboxylic acids is 1. The van der Waals surface area contributed by atoms with Crippen LogP contribution in [0, 0.1) is 12.8 Å². The quantitative estimate of drug-likeness (QED) is 0.728. The Labute approximate surface area is 162 Å². The molecule has 1 aliphatic heterocycles. The molecular formula is C20H22N4O4. The molecule has 1 unspecified atom stereocenters. The van der Waals surface area contributed by atoms with Crippen molar-refractivity contribution in [2.45, 2.75) is 13.3 Å². The van der Waals surface area contributed by atoms with Crippen LogP contribution in [-0.4, -0.2) is 41.1 Å². The van der Waals surface area contributed by atoms with Gasteiger partial charge in [0.05, 0.1) is 25.5 Å². The van der Waals surface area contributed by atoms with Crippen LogP contribution in [0.2, 0.25) is 0 Å². The number of hydrogen-bond acceptors (Lipinski definition) is 6. The summed E-state index contributed by atoms with van der Waals surface area (Å²) in [6, 6.07) is 7.48. The molecule has 1 aromatic carbocycles. The molecule has 3 aromatic rings. The van der Waals surface area contributed by atoms with Gasteiger partial charge in [0.1, 0.15) is 0 Å². The molecule has 0 fully saturated rings. The zero-order valence-electron chi connectivity index (χ0n) is 16.1. The molecule has 3 heterocycles. The summed E-state index contributed by atoms with van der Waals surface area (Å²) < 4.78 is 18.3. The molecule has 0 aliphatic carbocycles. The number of carbonyl (C=O) groups is 1. The number of rotatable bonds is 5. The van der Waals surface area contributed by atoms with Crippen LogP contribution in [0.3, 0.4) is 0 Å². The van der Waals surface area contributed by atoms with E-state index in [9.17, 15) is 4.79 Å². The summed E-state index contributed by atoms with van der Waals surface area (Å²) in [6.45, 7) is 2.94. The summed E-state index contributed by atoms with van der Waals surface area (Å²) in [6.07, 6.45) is 2.51. The molecule has 0 spiro atoms. The molecule has 28 heavy (non-hydrogen) atoms. The maximum Gasteiger partial charge on any atom is 0.273 e. The van der Waals surface area contributed by atoms with Gasteiger partial charge < -0.3 is 19.3 Å². The number of nitrogens with zero attached hydrogens (tertiary/aromatic N) is 3. The standard InChI is InChI=1S/C20H22N4O4/c1-12-15(10-22-24(12)2)18-8-16(23-28-18)20(25)21-9-13-7-14-5-4-6-17(26-3)19(14)27-11-13/h4-6,8,10,13H,7,9,11H2,1-3H3,(H,21,25). The first-order valence-corrected chi connectivity index (χ1v) is 9.09. The fraction of sp³-hybridized carbons (Fsp3) is 0.350. The number of amides is 1. The largest absolute Gasteiger partial charge is 0.493 e. The van der Waals surface area contributed by atoms with Crippen molar-refractivity contribution in [3.8, 4) is 22.8 Å². The van der Waals surface area contributed by atoms with Crippen molar-refractivity contribution >= 4 is 5.91 Å². The molecule has 8 heteroatoms. The SMILES string of the molecule is COc1cccc2c1OCC(CNC(=O)c1cc(-c3cnn(C)c3C)on1)C2. The van der Waals surface area contributed by atoms with Crippen molar-refractivity contribution in [1.82, 2.24) is 20.3 Å². The molecule has 1 amide bonds. The molecule has 0 bridgehead atoms. The van der Waals surface area contributed by atoms with Crippen molar-refractivity contribution in [2.24, 2.45) is 13.0 Å². The smallest absolute Gasteiger partial charge is 0.273 e. The number of para-hydroxylation sites is 1. The number of aryl methyl sites for hydroxylation is 1. The van der Waals surface area contributed by atoms with Crippen LogP contribution in [0.1, 0.15) is 21.7 Å². The van der Waals surface area contributed by atoms with E-state index >= 15 is 0 Å². The summed E-state index contributed by atoms with van der Waals surface area (Å²) in [4.78, 5) is 12.5. The molecule has 0 saturated heterocycles. The van der Waals surface area contributed by atoms with Crippen molar-refractivity contribution in [1.29, 1.82) is 0 Å². The highest BCUT2D eigenvalue weighted by Crippen LogP contribution is 2.35. The van der Waals surface area contributed by atoms with Gasteiger partial charge in [-0.1, -0.05) is 17.3 Å². The minimum Gasteiger partial charge on any atom is -0.493 e. The number of nitrogens with one attached hydrogen (secondary N) is 1. The lowest BCUT2D eigenvalue weighted by molar-refractivity contribution is 0.0929. The van der Waals surface area contributed by atoms with Gasteiger partial charge in [-0.2, -0.15) is 5.10 Å². The molecule has 1 atom stereocenters. The van der Waals surface area contributed by atoms with Crippen LogP contribution in [0.5, 0.6) is 11.5 Å². The van der Waals surface area contributed by atoms with Gasteiger partial charge in [-0.25, -0.2) is 0 Å². The lowest BCUT2D eigenvalue weighted by Gasteiger charge is -2.26. The molecule has 4 rings (SSSR count). The second-order valence-corrected chi connectivity index (χ2v) is 6.88. The third-order valence-corrected chi connectivity index (χ3v) is 5.05. The van der Waals surface area contributed by atoms with Crippen molar-refractivity contribution in [2.75, 3.05) is 20.3 Å². The van der Waals surface area contributed by atoms with E-state index in [1.54, 1.807) is 24.1 Å². The van der Waals surface area contributed by atoms with Gasteiger partial charge in [0.2, 0.25) is 0 Å². The fourth-order valence-corrected chi connectivity index (χ4v) is 3.33. The van der Waals surface area contributed by atoms with Gasteiger partial charge in [-0.15, -0.1) is 0 Å². The van der Waals surface area contributed by atoms with Gasteiger partial charge in [0.25, 0.3) is 5.91 Å². The van der Waals surface area contributed by atoms with E-state index in [0.29, 0.717) is 18.9 Å². The van der Waals surface area contributed by atoms with Crippen molar-refractivity contribution < 1.29 is 18.8 Å². The maximum atomic E-state index is 12.5. The molecule has 0 saturated carbocycles. The molecule has 1 aliphatic rings. The Morgan fingerprint density at radius 1 is 1.43 bits per heavy atom. The zero-order valence-corrected chi connectivity index (χ0v) is 16.1. The van der Waals surface area contributed by atoms with Gasteiger partial charge in [-0.05, 0) is 25.0 Å². The highest BCUT2D eigenvalue weighted by Gasteiger charge is 2.24. The van der Waals surface area contributed by atoms with Crippen LogP contribution >= 0.6 is 0 Å². The second kappa shape index (κ2) is 7.38. The Kier molecular flexibility index (Phi) is 4.77. The van der Waals surface area contributed by atoms with E-state index < -0.39 is 0 Å². The van der Waals surface area contributed by atoms with Gasteiger partial charge >= 0.3 is 0 Å². The third kappa shape index (κ3) is 3.33. The highest BCUT2D eigenvalue weighted by molar-refractivity contribution is 5.93. The molecule has 146 valence electrons. The second-order valence-electron chi connectivity index (χ2n) is 6.88. The Morgan fingerprint density at radius 3 is 3.04 bits per heavy atom. The van der Waals surface area contributed by atoms with E-state index in [1.807, 2.05) is 32.2 Å². The van der Waals surface area contributed by atoms with Crippen LogP contribution in [0.4, 0.5) is 0 Å². The van der Waals surface area contributed by atoms with Gasteiger partial charge in [0.15, 0.2) is 23.0 Å². The van der Waals surface area contributed by atoms with E-state index in [0.717, 1.165) is 34.7 Å². The highest BCUT2D eigenvalue weighted by atomic mass is 16.5. The summed E-state index contributed by atoms with van der Waals surface area (Å²) in [7, 11) is 3.48. The first-order valence-electron chi connectivity index (χ1n) is 9.09. The summed E-state index contributed by atoms with van der Waals surface area (Å²) in [5.74, 6) is 1.96. The summed E-state index contributed by atoms with van der Waals surface area (Å²) in [5, 5.41) is 11.0. The molecule has 0 radical (unpaired) electrons. The number of aromatic nitrogens is 3. The predicted molar refractivity (Wildman–Crippen MR) is 101 cm³/mol. The van der Waals surface area contributed by atoms with Crippen molar-refractivity contribution in [3.05, 3.63) is 47.4 Å². The van der Waals surface area contributed by atoms with E-state index in [4.69, 9.17) is 14.0 Å². The van der Waals surface area contributed by atoms with Gasteiger partial charge in [-0.3, -0.25) is 9.48 Å². The van der Waals surface area contributed by atoms with E-state index in [-0.39, 0.29) is 17.5 Å². The van der Waals surface area contributed by atoms with Crippen LogP contribution in [-0.2, 0) is 13.5 Å². The van der Waals surface area contributed by atoms with Gasteiger partial charge in [0, 0.05) is 31.3 Å². The number of ether oxygens (including phenoxy) is 2. The number of benzene rings is 1. The minimum absolute atomic E-state index is 0.176. The number of fused-ring (bicyclic) bond motifs is 1. The average molecular weight is 382 g/mol. The first-order chi connectivity index (χ1) is 13.6. The third-order valence-electron chi connectivity index (χ3n) is 5.05. The molecular weight excluding hydrogens is 360 g/mol. The number of hydrogen-bond donors (Lipinski definition) is 1. The summed E-state index contributed by atoms with van der Waals surface area (Å²) in [5.41, 5.74) is 3.09. The lowest BCUT2D eigenvalue weighted by Crippen LogP contribution is -2.35. The molecule has 1 N–H and O–H groups in total. The topological polar surface area (TPSA) is 91.4 Å². The minimum atomic E-state index is -0.270. The van der Waals surface area contributed by atoms with Crippen LogP contribution < -0.4 is 14.8 Å². The van der Waals surface area contributed by atoms with Crippen LogP contribution in [0.25, 0.3) is 11.3 Å². The molecule has 2 aromatic heterocycles. The number of methoxy groups -OCH3 is 1. The van der Waals surface area contributed by atoms with E-state index in [1.165, 1.54) is 0 Å². The Hall–Kier alpha value is -3.29. The van der Waals surface area contributed by atoms with Crippen molar-refractivity contribution in [3.63, 3.8) is 0 Å². The normalized spacial score (nSPS) is 15.6. The first kappa shape index (κ1) is 18.1. The lowest BCUT2D eigenvalue weighted by atomic mass is 9.96. The zero-order chi connectivity index (χ0) is 19.7. The van der Waals surface area contributed by atoms with E-state index in [2.05, 4.69) is 15.6 Å². The maximum absolute atomic E-state index is 12.5. The fourth-order valence-electron chi connectivity index (χ4n) is 3.33. The molecule has 8 nitrogen and oxygen atoms in total. The summed E-state index contributed by atoms with van der Waals surface area (Å²) >= 11 is 0. The average Bonchev–Trinajstić information content (AvgIpc) is 3.32. The Morgan fingerprint density at radius 2 is 2.29 bits per heavy atom. The Balaban J connectivity index is 1.38. The monoisotopic (exact) mass is 382 g/mol. The predicted octanol–water partition coefficient (Wildman–Crippen LogP) is 2.37. The Bertz CT molecular complexity index is 1010. The van der Waals surface area contributed by atoms with Crippen LogP contribution in [0.15, 0.2) is 35.0 Å².